The summed E-state index contributed by atoms with van der Waals surface area (Å²) >= 11 is 0. The molecule has 0 N–H and O–H groups in total. The van der Waals surface area contributed by atoms with Crippen LogP contribution in [0.3, 0.4) is 0 Å². The van der Waals surface area contributed by atoms with Crippen molar-refractivity contribution in [2.75, 3.05) is 0 Å². The molecule has 1 aromatic carbocycles. The summed E-state index contributed by atoms with van der Waals surface area (Å²) in [6, 6.07) is 4.46. The molecule has 0 saturated carbocycles. The van der Waals surface area contributed by atoms with Crippen molar-refractivity contribution in [3.05, 3.63) is 34.4 Å². The number of unbranched alkanes of at least 4 members (excludes halogenated alkanes) is 3. The highest BCUT2D eigenvalue weighted by atomic mass is 14.2. The summed E-state index contributed by atoms with van der Waals surface area (Å²) in [5.74, 6) is 2.90. The SMILES string of the molecule is C#Cc1ccc(CCCC)c(CCCC)c1CCCC. The van der Waals surface area contributed by atoms with Crippen molar-refractivity contribution in [2.24, 2.45) is 0 Å². The standard InChI is InChI=1S/C20H30/c1-5-9-12-18-16-15-17(8-4)19(13-10-6-2)20(18)14-11-7-3/h4,15-16H,5-7,9-14H2,1-3H3. The van der Waals surface area contributed by atoms with E-state index in [2.05, 4.69) is 38.8 Å². The molecular weight excluding hydrogens is 240 g/mol. The Morgan fingerprint density at radius 1 is 0.800 bits per heavy atom. The van der Waals surface area contributed by atoms with Crippen LogP contribution in [0.4, 0.5) is 0 Å². The zero-order valence-electron chi connectivity index (χ0n) is 13.6. The fraction of sp³-hybridized carbons (Fsp3) is 0.600. The summed E-state index contributed by atoms with van der Waals surface area (Å²) in [6.07, 6.45) is 16.8. The van der Waals surface area contributed by atoms with Crippen LogP contribution in [0, 0.1) is 12.3 Å². The van der Waals surface area contributed by atoms with Gasteiger partial charge in [-0.2, -0.15) is 0 Å². The second-order valence-electron chi connectivity index (χ2n) is 5.68. The number of hydrogen-bond acceptors (Lipinski definition) is 0. The van der Waals surface area contributed by atoms with Gasteiger partial charge >= 0.3 is 0 Å². The number of benzene rings is 1. The smallest absolute Gasteiger partial charge is 0.0277 e. The Morgan fingerprint density at radius 3 is 1.90 bits per heavy atom. The van der Waals surface area contributed by atoms with Gasteiger partial charge in [0.15, 0.2) is 0 Å². The van der Waals surface area contributed by atoms with Crippen LogP contribution in [0.5, 0.6) is 0 Å². The van der Waals surface area contributed by atoms with Crippen molar-refractivity contribution in [1.82, 2.24) is 0 Å². The lowest BCUT2D eigenvalue weighted by atomic mass is 9.88. The summed E-state index contributed by atoms with van der Waals surface area (Å²) in [5, 5.41) is 0. The highest BCUT2D eigenvalue weighted by molar-refractivity contribution is 5.48. The zero-order chi connectivity index (χ0) is 14.8. The molecule has 0 unspecified atom stereocenters. The van der Waals surface area contributed by atoms with Crippen molar-refractivity contribution in [1.29, 1.82) is 0 Å². The van der Waals surface area contributed by atoms with Crippen LogP contribution in [-0.4, -0.2) is 0 Å². The van der Waals surface area contributed by atoms with E-state index in [1.165, 1.54) is 56.9 Å². The van der Waals surface area contributed by atoms with Crippen LogP contribution < -0.4 is 0 Å². The fourth-order valence-electron chi connectivity index (χ4n) is 2.78. The molecule has 0 amide bonds. The first kappa shape index (κ1) is 16.8. The quantitative estimate of drug-likeness (QED) is 0.505. The Balaban J connectivity index is 3.13. The van der Waals surface area contributed by atoms with Crippen molar-refractivity contribution < 1.29 is 0 Å². The van der Waals surface area contributed by atoms with E-state index in [-0.39, 0.29) is 0 Å². The summed E-state index contributed by atoms with van der Waals surface area (Å²) < 4.78 is 0. The van der Waals surface area contributed by atoms with Gasteiger partial charge in [0, 0.05) is 5.56 Å². The molecular formula is C20H30. The number of rotatable bonds is 9. The van der Waals surface area contributed by atoms with Crippen molar-refractivity contribution >= 4 is 0 Å². The van der Waals surface area contributed by atoms with Gasteiger partial charge in [-0.3, -0.25) is 0 Å². The minimum Gasteiger partial charge on any atom is -0.115 e. The molecule has 0 aliphatic rings. The molecule has 0 aromatic heterocycles. The highest BCUT2D eigenvalue weighted by Crippen LogP contribution is 2.25. The second kappa shape index (κ2) is 9.65. The average molecular weight is 270 g/mol. The van der Waals surface area contributed by atoms with Crippen LogP contribution in [-0.2, 0) is 19.3 Å². The van der Waals surface area contributed by atoms with Gasteiger partial charge in [-0.1, -0.05) is 52.0 Å². The molecule has 0 fully saturated rings. The van der Waals surface area contributed by atoms with Gasteiger partial charge < -0.3 is 0 Å². The Morgan fingerprint density at radius 2 is 1.35 bits per heavy atom. The summed E-state index contributed by atoms with van der Waals surface area (Å²) in [7, 11) is 0. The lowest BCUT2D eigenvalue weighted by Crippen LogP contribution is -2.04. The van der Waals surface area contributed by atoms with Gasteiger partial charge in [-0.25, -0.2) is 0 Å². The Bertz CT molecular complexity index is 434. The van der Waals surface area contributed by atoms with E-state index in [1.54, 1.807) is 11.1 Å². The minimum atomic E-state index is 1.13. The Kier molecular flexibility index (Phi) is 8.12. The molecule has 0 nitrogen and oxygen atoms in total. The summed E-state index contributed by atoms with van der Waals surface area (Å²) in [6.45, 7) is 6.78. The van der Waals surface area contributed by atoms with E-state index in [9.17, 15) is 0 Å². The predicted octanol–water partition coefficient (Wildman–Crippen LogP) is 5.70. The molecule has 0 radical (unpaired) electrons. The third kappa shape index (κ3) is 4.71. The van der Waals surface area contributed by atoms with E-state index in [0.717, 1.165) is 12.0 Å². The van der Waals surface area contributed by atoms with Gasteiger partial charge in [-0.15, -0.1) is 6.42 Å². The molecule has 0 aliphatic heterocycles. The molecule has 110 valence electrons. The van der Waals surface area contributed by atoms with Crippen molar-refractivity contribution in [2.45, 2.75) is 78.6 Å². The van der Waals surface area contributed by atoms with Crippen LogP contribution >= 0.6 is 0 Å². The third-order valence-electron chi connectivity index (χ3n) is 4.04. The monoisotopic (exact) mass is 270 g/mol. The van der Waals surface area contributed by atoms with E-state index < -0.39 is 0 Å². The van der Waals surface area contributed by atoms with Crippen LogP contribution in [0.1, 0.15) is 81.5 Å². The first-order chi connectivity index (χ1) is 9.78. The van der Waals surface area contributed by atoms with E-state index >= 15 is 0 Å². The van der Waals surface area contributed by atoms with Crippen LogP contribution in [0.2, 0.25) is 0 Å². The molecule has 0 saturated heterocycles. The predicted molar refractivity (Wildman–Crippen MR) is 90.2 cm³/mol. The first-order valence-corrected chi connectivity index (χ1v) is 8.38. The normalized spacial score (nSPS) is 10.5. The molecule has 20 heavy (non-hydrogen) atoms. The van der Waals surface area contributed by atoms with E-state index in [0.29, 0.717) is 0 Å². The van der Waals surface area contributed by atoms with Gasteiger partial charge in [0.2, 0.25) is 0 Å². The Hall–Kier alpha value is -1.22. The topological polar surface area (TPSA) is 0 Å². The lowest BCUT2D eigenvalue weighted by molar-refractivity contribution is 0.734. The third-order valence-corrected chi connectivity index (χ3v) is 4.04. The number of hydrogen-bond donors (Lipinski definition) is 0. The van der Waals surface area contributed by atoms with Gasteiger partial charge in [-0.05, 0) is 61.3 Å². The molecule has 0 atom stereocenters. The zero-order valence-corrected chi connectivity index (χ0v) is 13.6. The molecule has 0 bridgehead atoms. The summed E-state index contributed by atoms with van der Waals surface area (Å²) in [4.78, 5) is 0. The maximum Gasteiger partial charge on any atom is 0.0277 e. The van der Waals surface area contributed by atoms with Gasteiger partial charge in [0.05, 0.1) is 0 Å². The molecule has 0 aliphatic carbocycles. The maximum absolute atomic E-state index is 5.72. The molecule has 0 heterocycles. The summed E-state index contributed by atoms with van der Waals surface area (Å²) in [5.41, 5.74) is 5.72. The first-order valence-electron chi connectivity index (χ1n) is 8.38. The van der Waals surface area contributed by atoms with Crippen molar-refractivity contribution in [3.63, 3.8) is 0 Å². The fourth-order valence-corrected chi connectivity index (χ4v) is 2.78. The van der Waals surface area contributed by atoms with E-state index in [4.69, 9.17) is 6.42 Å². The van der Waals surface area contributed by atoms with Gasteiger partial charge in [0.1, 0.15) is 0 Å². The van der Waals surface area contributed by atoms with Crippen LogP contribution in [0.25, 0.3) is 0 Å². The average Bonchev–Trinajstić information content (AvgIpc) is 2.48. The van der Waals surface area contributed by atoms with E-state index in [1.807, 2.05) is 0 Å². The molecule has 0 spiro atoms. The molecule has 1 rings (SSSR count). The minimum absolute atomic E-state index is 1.13. The number of terminal acetylenes is 1. The van der Waals surface area contributed by atoms with Crippen LogP contribution in [0.15, 0.2) is 12.1 Å². The number of aryl methyl sites for hydroxylation is 1. The lowest BCUT2D eigenvalue weighted by Gasteiger charge is -2.17. The highest BCUT2D eigenvalue weighted by Gasteiger charge is 2.11. The largest absolute Gasteiger partial charge is 0.115 e. The second-order valence-corrected chi connectivity index (χ2v) is 5.68. The Labute approximate surface area is 126 Å². The molecule has 0 heteroatoms. The van der Waals surface area contributed by atoms with Crippen molar-refractivity contribution in [3.8, 4) is 12.3 Å². The maximum atomic E-state index is 5.72. The van der Waals surface area contributed by atoms with Gasteiger partial charge in [0.25, 0.3) is 0 Å². The molecule has 1 aromatic rings.